The van der Waals surface area contributed by atoms with Crippen LogP contribution in [0.3, 0.4) is 0 Å². The number of benzene rings is 1. The van der Waals surface area contributed by atoms with Gasteiger partial charge in [-0.05, 0) is 57.9 Å². The average Bonchev–Trinajstić information content (AvgIpc) is 3.36. The summed E-state index contributed by atoms with van der Waals surface area (Å²) in [6.45, 7) is 12.5. The zero-order chi connectivity index (χ0) is 58.1. The summed E-state index contributed by atoms with van der Waals surface area (Å²) in [4.78, 5) is 143. The van der Waals surface area contributed by atoms with Crippen LogP contribution in [-0.4, -0.2) is 149 Å². The molecule has 0 unspecified atom stereocenters. The predicted octanol–water partition coefficient (Wildman–Crippen LogP) is -1.07. The third-order valence-electron chi connectivity index (χ3n) is 12.5. The van der Waals surface area contributed by atoms with E-state index in [0.29, 0.717) is 18.4 Å². The van der Waals surface area contributed by atoms with Crippen molar-refractivity contribution in [1.29, 1.82) is 0 Å². The van der Waals surface area contributed by atoms with Gasteiger partial charge in [-0.1, -0.05) is 81.5 Å². The van der Waals surface area contributed by atoms with Gasteiger partial charge in [0.25, 0.3) is 5.91 Å². The fourth-order valence-corrected chi connectivity index (χ4v) is 7.75. The van der Waals surface area contributed by atoms with E-state index in [1.165, 1.54) is 40.8 Å². The van der Waals surface area contributed by atoms with Crippen LogP contribution in [-0.2, 0) is 59.1 Å². The summed E-state index contributed by atoms with van der Waals surface area (Å²) in [6, 6.07) is 0.165. The van der Waals surface area contributed by atoms with Gasteiger partial charge in [-0.15, -0.1) is 0 Å². The molecule has 2 rings (SSSR count). The number of likely N-dealkylation sites (N-methyl/N-ethyl adjacent to an activating group) is 1. The van der Waals surface area contributed by atoms with Gasteiger partial charge in [-0.2, -0.15) is 0 Å². The summed E-state index contributed by atoms with van der Waals surface area (Å²) in [5.41, 5.74) is 22.9. The Morgan fingerprint density at radius 3 is 1.88 bits per heavy atom. The number of ether oxygens (including phenoxy) is 1. The molecule has 26 heteroatoms. The van der Waals surface area contributed by atoms with Gasteiger partial charge in [0.15, 0.2) is 11.9 Å². The SMILES string of the molecule is C=C1C(=O)N[C@H](C)C(=O)N[C@@H](CCCN=C(N)N)C(=O)N[C@@H](C(=O)O)[C@H](C)C(=O)N[C@@H](CCCCN=C(N)N)C(=O)N[C@@H](/C=C/C(C)=C/[C@H](C)[C@H](Cc2ccccc2)OC(C)=O)[C@H](C)C(=O)N[C@@H](C(=O)O)CCC(=O)N1C. The molecule has 1 heterocycles. The summed E-state index contributed by atoms with van der Waals surface area (Å²) in [7, 11) is 1.18. The van der Waals surface area contributed by atoms with Crippen LogP contribution in [0.4, 0.5) is 0 Å². The molecule has 1 fully saturated rings. The topological polar surface area (TPSA) is 425 Å². The van der Waals surface area contributed by atoms with Gasteiger partial charge in [0.05, 0.1) is 17.9 Å². The number of nitrogens with zero attached hydrogens (tertiary/aromatic N) is 3. The van der Waals surface area contributed by atoms with Crippen molar-refractivity contribution >= 4 is 71.2 Å². The molecule has 0 bridgehead atoms. The third-order valence-corrected chi connectivity index (χ3v) is 12.5. The smallest absolute Gasteiger partial charge is 0.327 e. The van der Waals surface area contributed by atoms with Crippen LogP contribution in [0, 0.1) is 17.8 Å². The molecule has 424 valence electrons. The first-order chi connectivity index (χ1) is 36.1. The average molecular weight is 1080 g/mol. The second-order valence-corrected chi connectivity index (χ2v) is 18.8. The number of guanidine groups is 2. The minimum Gasteiger partial charge on any atom is -0.480 e. The predicted molar refractivity (Wildman–Crippen MR) is 284 cm³/mol. The summed E-state index contributed by atoms with van der Waals surface area (Å²) in [6.07, 6.45) is 4.02. The Kier molecular flexibility index (Phi) is 27.1. The molecular formula is C51H77N13O13. The van der Waals surface area contributed by atoms with Crippen LogP contribution < -0.4 is 54.8 Å². The van der Waals surface area contributed by atoms with Crippen LogP contribution in [0.5, 0.6) is 0 Å². The van der Waals surface area contributed by atoms with Crippen LogP contribution in [0.2, 0.25) is 0 Å². The summed E-state index contributed by atoms with van der Waals surface area (Å²) in [5.74, 6) is -13.9. The van der Waals surface area contributed by atoms with E-state index in [1.54, 1.807) is 13.0 Å². The van der Waals surface area contributed by atoms with E-state index >= 15 is 0 Å². The molecule has 0 saturated carbocycles. The van der Waals surface area contributed by atoms with Gasteiger partial charge >= 0.3 is 17.9 Å². The summed E-state index contributed by atoms with van der Waals surface area (Å²) in [5, 5.41) is 35.5. The summed E-state index contributed by atoms with van der Waals surface area (Å²) >= 11 is 0. The molecule has 0 radical (unpaired) electrons. The number of nitrogens with two attached hydrogens (primary N) is 4. The molecule has 77 heavy (non-hydrogen) atoms. The molecule has 0 spiro atoms. The van der Waals surface area contributed by atoms with Crippen molar-refractivity contribution in [3.05, 3.63) is 72.0 Å². The highest BCUT2D eigenvalue weighted by molar-refractivity contribution is 6.00. The number of carbonyl (C=O) groups excluding carboxylic acids is 8. The second-order valence-electron chi connectivity index (χ2n) is 18.8. The zero-order valence-corrected chi connectivity index (χ0v) is 44.7. The number of aliphatic imine (C=N–C) groups is 2. The molecule has 7 amide bonds. The van der Waals surface area contributed by atoms with Crippen molar-refractivity contribution in [2.24, 2.45) is 50.7 Å². The number of nitrogens with one attached hydrogen (secondary N) is 6. The molecule has 1 aliphatic rings. The Bertz CT molecular complexity index is 2400. The number of hydrogen-bond donors (Lipinski definition) is 12. The van der Waals surface area contributed by atoms with Gasteiger partial charge in [-0.25, -0.2) is 9.59 Å². The van der Waals surface area contributed by atoms with Gasteiger partial charge < -0.3 is 74.7 Å². The molecule has 0 aromatic heterocycles. The molecule has 1 aromatic rings. The van der Waals surface area contributed by atoms with Crippen molar-refractivity contribution in [3.8, 4) is 0 Å². The first-order valence-electron chi connectivity index (χ1n) is 25.1. The van der Waals surface area contributed by atoms with Crippen LogP contribution >= 0.6 is 0 Å². The fraction of sp³-hybridized carbons (Fsp3) is 0.529. The highest BCUT2D eigenvalue weighted by Gasteiger charge is 2.37. The highest BCUT2D eigenvalue weighted by Crippen LogP contribution is 2.20. The quantitative estimate of drug-likeness (QED) is 0.0208. The lowest BCUT2D eigenvalue weighted by molar-refractivity contribution is -0.148. The van der Waals surface area contributed by atoms with Crippen molar-refractivity contribution in [1.82, 2.24) is 36.8 Å². The number of rotatable bonds is 18. The minimum atomic E-state index is -1.96. The van der Waals surface area contributed by atoms with Crippen molar-refractivity contribution in [3.63, 3.8) is 0 Å². The van der Waals surface area contributed by atoms with Gasteiger partial charge in [0.2, 0.25) is 35.4 Å². The monoisotopic (exact) mass is 1080 g/mol. The van der Waals surface area contributed by atoms with E-state index < -0.39 is 132 Å². The molecule has 16 N–H and O–H groups in total. The van der Waals surface area contributed by atoms with Crippen LogP contribution in [0.25, 0.3) is 0 Å². The number of amides is 7. The maximum atomic E-state index is 14.5. The van der Waals surface area contributed by atoms with Gasteiger partial charge in [0.1, 0.15) is 42.0 Å². The molecule has 1 aliphatic heterocycles. The van der Waals surface area contributed by atoms with Crippen LogP contribution in [0.15, 0.2) is 76.4 Å². The fourth-order valence-electron chi connectivity index (χ4n) is 7.75. The first kappa shape index (κ1) is 64.8. The Balaban J connectivity index is 2.78. The lowest BCUT2D eigenvalue weighted by atomic mass is 9.94. The lowest BCUT2D eigenvalue weighted by Crippen LogP contribution is -2.59. The minimum absolute atomic E-state index is 0.0132. The van der Waals surface area contributed by atoms with E-state index in [-0.39, 0.29) is 56.6 Å². The molecule has 0 aliphatic carbocycles. The number of carbonyl (C=O) groups is 10. The van der Waals surface area contributed by atoms with Gasteiger partial charge in [0, 0.05) is 45.8 Å². The molecule has 1 aromatic carbocycles. The summed E-state index contributed by atoms with van der Waals surface area (Å²) < 4.78 is 5.68. The standard InChI is InChI=1S/C51H77N13O13/c1-27(25-28(2)39(77-33(7)65)26-34-15-10-9-11-16-34)19-20-35-29(3)42(67)62-38(48(73)74)21-22-40(66)64(8)32(6)45(70)58-31(5)44(69)61-37(18-14-24-57-51(54)55)47(72)63-41(49(75)76)30(4)43(68)60-36(46(71)59-35)17-12-13-23-56-50(52)53/h9-11,15-16,19-20,25,28-31,35-39,41H,6,12-14,17-18,21-24,26H2,1-5,7-8H3,(H,58,70)(H,59,71)(H,60,68)(H,61,69)(H,62,67)(H,63,72)(H,73,74)(H,75,76)(H4,52,53,56)(H4,54,55,57)/b20-19+,27-25+/t28-,29-,30-,31+,35-,36-,37-,38+,39-,41+/m0/s1. The van der Waals surface area contributed by atoms with Crippen molar-refractivity contribution < 1.29 is 62.9 Å². The zero-order valence-electron chi connectivity index (χ0n) is 44.7. The number of allylic oxidation sites excluding steroid dienone is 2. The van der Waals surface area contributed by atoms with E-state index in [4.69, 9.17) is 27.7 Å². The maximum Gasteiger partial charge on any atom is 0.327 e. The Morgan fingerprint density at radius 1 is 0.753 bits per heavy atom. The number of carboxylic acids is 2. The Morgan fingerprint density at radius 2 is 1.31 bits per heavy atom. The number of unbranched alkanes of at least 4 members (excludes halogenated alkanes) is 1. The van der Waals surface area contributed by atoms with Crippen LogP contribution in [0.1, 0.15) is 92.1 Å². The largest absolute Gasteiger partial charge is 0.480 e. The maximum absolute atomic E-state index is 14.5. The molecule has 26 nitrogen and oxygen atoms in total. The number of hydrogen-bond acceptors (Lipinski definition) is 13. The Labute approximate surface area is 447 Å². The first-order valence-corrected chi connectivity index (χ1v) is 25.1. The lowest BCUT2D eigenvalue weighted by Gasteiger charge is -2.28. The van der Waals surface area contributed by atoms with E-state index in [0.717, 1.165) is 10.5 Å². The molecule has 10 atom stereocenters. The van der Waals surface area contributed by atoms with Crippen molar-refractivity contribution in [2.75, 3.05) is 20.1 Å². The van der Waals surface area contributed by atoms with E-state index in [2.05, 4.69) is 48.5 Å². The van der Waals surface area contributed by atoms with Crippen molar-refractivity contribution in [2.45, 2.75) is 135 Å². The third kappa shape index (κ3) is 23.0. The number of carboxylic acid groups (broad SMARTS) is 2. The van der Waals surface area contributed by atoms with Gasteiger partial charge in [-0.3, -0.25) is 48.3 Å². The molecular weight excluding hydrogens is 1000 g/mol. The van der Waals surface area contributed by atoms with E-state index in [1.807, 2.05) is 43.3 Å². The Hall–Kier alpha value is -8.32. The second kappa shape index (κ2) is 32.2. The normalized spacial score (nSPS) is 24.0. The number of esters is 1. The van der Waals surface area contributed by atoms with E-state index in [9.17, 15) is 58.2 Å². The number of aliphatic carboxylic acids is 2. The highest BCUT2D eigenvalue weighted by atomic mass is 16.5. The molecule has 1 saturated heterocycles.